The number of halogens is 2. The van der Waals surface area contributed by atoms with Crippen molar-refractivity contribution in [3.8, 4) is 11.8 Å². The van der Waals surface area contributed by atoms with Crippen LogP contribution in [0.1, 0.15) is 76.3 Å². The molecule has 3 aliphatic heterocycles. The van der Waals surface area contributed by atoms with Gasteiger partial charge in [-0.15, -0.1) is 0 Å². The lowest BCUT2D eigenvalue weighted by atomic mass is 9.81. The fourth-order valence-corrected chi connectivity index (χ4v) is 8.76. The minimum absolute atomic E-state index is 0.0212. The van der Waals surface area contributed by atoms with Gasteiger partial charge in [0.15, 0.2) is 5.83 Å². The molecule has 4 heterocycles. The van der Waals surface area contributed by atoms with Crippen molar-refractivity contribution in [2.45, 2.75) is 71.9 Å². The van der Waals surface area contributed by atoms with Crippen molar-refractivity contribution < 1.29 is 33.2 Å². The lowest BCUT2D eigenvalue weighted by Gasteiger charge is -2.38. The molecule has 4 fully saturated rings. The number of aromatic hydroxyl groups is 1. The van der Waals surface area contributed by atoms with Crippen LogP contribution in [0.25, 0.3) is 27.7 Å². The van der Waals surface area contributed by atoms with Crippen molar-refractivity contribution in [2.75, 3.05) is 70.7 Å². The first-order valence-corrected chi connectivity index (χ1v) is 19.3. The molecule has 10 nitrogen and oxygen atoms in total. The molecule has 8 rings (SSSR count). The number of phenolic OH excluding ortho intramolecular Hbond substituents is 1. The number of likely N-dealkylation sites (tertiary alicyclic amines) is 1. The number of hydrogen-bond donors (Lipinski definition) is 2. The molecule has 0 amide bonds. The van der Waals surface area contributed by atoms with Crippen LogP contribution in [0.3, 0.4) is 0 Å². The predicted molar refractivity (Wildman–Crippen MR) is 206 cm³/mol. The maximum Gasteiger partial charge on any atom is 0.319 e. The van der Waals surface area contributed by atoms with E-state index in [0.717, 1.165) is 52.1 Å². The van der Waals surface area contributed by atoms with E-state index in [1.165, 1.54) is 12.1 Å². The monoisotopic (exact) mass is 743 g/mol. The molecular weight excluding hydrogens is 692 g/mol. The summed E-state index contributed by atoms with van der Waals surface area (Å²) in [4.78, 5) is 19.2. The van der Waals surface area contributed by atoms with Crippen molar-refractivity contribution in [2.24, 2.45) is 15.8 Å². The average Bonchev–Trinajstić information content (AvgIpc) is 3.78. The lowest BCUT2D eigenvalue weighted by Crippen LogP contribution is -2.45. The first-order valence-electron chi connectivity index (χ1n) is 19.3. The number of phenols is 1. The highest BCUT2D eigenvalue weighted by Gasteiger charge is 2.50. The molecule has 5 aliphatic rings. The maximum absolute atomic E-state index is 17.9. The molecule has 2 N–H and O–H groups in total. The van der Waals surface area contributed by atoms with E-state index >= 15 is 8.78 Å². The van der Waals surface area contributed by atoms with Crippen molar-refractivity contribution >= 4 is 39.3 Å². The third kappa shape index (κ3) is 6.80. The third-order valence-corrected chi connectivity index (χ3v) is 11.6. The average molecular weight is 744 g/mol. The summed E-state index contributed by atoms with van der Waals surface area (Å²) in [6.07, 6.45) is 5.42. The molecule has 2 aliphatic carbocycles. The Bertz CT molecular complexity index is 2070. The zero-order valence-electron chi connectivity index (χ0n) is 32.0. The molecule has 1 spiro atoms. The van der Waals surface area contributed by atoms with E-state index in [1.54, 1.807) is 19.1 Å². The molecule has 0 bridgehead atoms. The van der Waals surface area contributed by atoms with Gasteiger partial charge >= 0.3 is 6.01 Å². The molecule has 54 heavy (non-hydrogen) atoms. The van der Waals surface area contributed by atoms with Gasteiger partial charge in [0, 0.05) is 47.7 Å². The molecular formula is C42H51F2N5O5. The zero-order chi connectivity index (χ0) is 38.0. The van der Waals surface area contributed by atoms with Crippen molar-refractivity contribution in [3.63, 3.8) is 0 Å². The number of hydrogen-bond acceptors (Lipinski definition) is 10. The minimum Gasteiger partial charge on any atom is -0.508 e. The summed E-state index contributed by atoms with van der Waals surface area (Å²) in [7, 11) is 0. The Hall–Kier alpha value is -3.97. The number of anilines is 1. The number of aromatic nitrogens is 2. The molecule has 1 unspecified atom stereocenters. The van der Waals surface area contributed by atoms with Gasteiger partial charge in [-0.1, -0.05) is 19.1 Å². The minimum atomic E-state index is -1.20. The predicted octanol–water partition coefficient (Wildman–Crippen LogP) is 6.61. The Balaban J connectivity index is 1.29. The van der Waals surface area contributed by atoms with Gasteiger partial charge in [-0.2, -0.15) is 9.97 Å². The molecule has 0 radical (unpaired) electrons. The topological polar surface area (TPSA) is 113 Å². The first kappa shape index (κ1) is 37.0. The maximum atomic E-state index is 17.9. The number of rotatable bonds is 9. The summed E-state index contributed by atoms with van der Waals surface area (Å²) in [6, 6.07) is 5.83. The van der Waals surface area contributed by atoms with Crippen LogP contribution in [0, 0.1) is 16.6 Å². The van der Waals surface area contributed by atoms with Crippen LogP contribution in [-0.4, -0.2) is 108 Å². The number of aliphatic imine (C=N–C) groups is 1. The third-order valence-electron chi connectivity index (χ3n) is 11.6. The Labute approximate surface area is 315 Å². The number of allylic oxidation sites excluding steroid dienone is 3. The molecule has 12 heteroatoms. The standard InChI is InChI=1S/C42H51F2N5O5/c1-6-28-31(43)9-8-26-16-27(50)17-30(32(26)28)33-35(44)37-34(29(7-2)36(33)45-25(3)4)38(49-14-15-52-21-40(5,51)18-49)47-39(46-37)54-24-41(10-11-41)19-48-13-12-42(20-48)22-53-23-42/h7-9,16-17,25,50-51H,6,10-15,18-24H2,1-5H3/b29-7-,45-36?. The molecule has 1 saturated carbocycles. The molecule has 3 aromatic rings. The SMILES string of the molecule is C/C=C1\C(=NC(C)C)C(c2cc(O)cc3ccc(F)c(CC)c23)=C(F)c2nc(OCC3(CN4CCC5(COC5)C4)CC3)nc(N3CCOCC(C)(O)C3)c21. The first-order chi connectivity index (χ1) is 25.8. The summed E-state index contributed by atoms with van der Waals surface area (Å²) < 4.78 is 51.1. The van der Waals surface area contributed by atoms with E-state index in [-0.39, 0.29) is 47.6 Å². The largest absolute Gasteiger partial charge is 0.508 e. The number of fused-ring (bicyclic) bond motifs is 2. The quantitative estimate of drug-likeness (QED) is 0.250. The van der Waals surface area contributed by atoms with E-state index < -0.39 is 17.2 Å². The summed E-state index contributed by atoms with van der Waals surface area (Å²) in [6.45, 7) is 15.3. The smallest absolute Gasteiger partial charge is 0.319 e. The number of benzene rings is 2. The van der Waals surface area contributed by atoms with E-state index in [9.17, 15) is 10.2 Å². The lowest BCUT2D eigenvalue weighted by molar-refractivity contribution is -0.105. The summed E-state index contributed by atoms with van der Waals surface area (Å²) in [5.74, 6) is -0.744. The van der Waals surface area contributed by atoms with Gasteiger partial charge in [-0.05, 0) is 100 Å². The number of aryl methyl sites for hydroxylation is 1. The molecule has 288 valence electrons. The highest BCUT2D eigenvalue weighted by Crippen LogP contribution is 2.50. The Kier molecular flexibility index (Phi) is 9.56. The molecule has 2 aromatic carbocycles. The van der Waals surface area contributed by atoms with E-state index in [2.05, 4.69) is 4.90 Å². The highest BCUT2D eigenvalue weighted by atomic mass is 19.1. The van der Waals surface area contributed by atoms with E-state index in [1.807, 2.05) is 38.7 Å². The molecule has 1 aromatic heterocycles. The second-order valence-electron chi connectivity index (χ2n) is 16.7. The number of ether oxygens (including phenoxy) is 3. The van der Waals surface area contributed by atoms with Crippen LogP contribution in [0.2, 0.25) is 0 Å². The normalized spacial score (nSPS) is 25.2. The summed E-state index contributed by atoms with van der Waals surface area (Å²) in [5.41, 5.74) is 1.31. The zero-order valence-corrected chi connectivity index (χ0v) is 32.0. The van der Waals surface area contributed by atoms with E-state index in [0.29, 0.717) is 76.2 Å². The number of β-amino-alcohol motifs (C(OH)–C–C–N with tert-alkyl or cyclic N) is 1. The Morgan fingerprint density at radius 2 is 1.85 bits per heavy atom. The fraction of sp³-hybridized carbons (Fsp3) is 0.548. The van der Waals surface area contributed by atoms with Crippen LogP contribution < -0.4 is 9.64 Å². The highest BCUT2D eigenvalue weighted by molar-refractivity contribution is 6.51. The fourth-order valence-electron chi connectivity index (χ4n) is 8.76. The Morgan fingerprint density at radius 3 is 2.52 bits per heavy atom. The van der Waals surface area contributed by atoms with Crippen molar-refractivity contribution in [3.05, 3.63) is 58.5 Å². The van der Waals surface area contributed by atoms with Crippen LogP contribution in [0.4, 0.5) is 14.6 Å². The van der Waals surface area contributed by atoms with Crippen LogP contribution in [0.5, 0.6) is 11.8 Å². The molecule has 3 saturated heterocycles. The Morgan fingerprint density at radius 1 is 1.06 bits per heavy atom. The summed E-state index contributed by atoms with van der Waals surface area (Å²) >= 11 is 0. The molecule has 1 atom stereocenters. The number of aliphatic hydroxyl groups is 1. The second kappa shape index (κ2) is 14.0. The van der Waals surface area contributed by atoms with Gasteiger partial charge in [-0.3, -0.25) is 4.99 Å². The van der Waals surface area contributed by atoms with Gasteiger partial charge in [0.05, 0.1) is 50.9 Å². The number of nitrogens with zero attached hydrogens (tertiary/aromatic N) is 5. The van der Waals surface area contributed by atoms with Crippen molar-refractivity contribution in [1.82, 2.24) is 14.9 Å². The van der Waals surface area contributed by atoms with Gasteiger partial charge in [-0.25, -0.2) is 8.78 Å². The van der Waals surface area contributed by atoms with Gasteiger partial charge in [0.2, 0.25) is 0 Å². The van der Waals surface area contributed by atoms with Crippen LogP contribution in [0.15, 0.2) is 35.3 Å². The van der Waals surface area contributed by atoms with Gasteiger partial charge in [0.25, 0.3) is 0 Å². The van der Waals surface area contributed by atoms with Gasteiger partial charge < -0.3 is 34.2 Å². The summed E-state index contributed by atoms with van der Waals surface area (Å²) in [5, 5.41) is 23.4. The van der Waals surface area contributed by atoms with Crippen LogP contribution >= 0.6 is 0 Å². The van der Waals surface area contributed by atoms with Crippen molar-refractivity contribution in [1.29, 1.82) is 0 Å². The van der Waals surface area contributed by atoms with Gasteiger partial charge in [0.1, 0.15) is 28.7 Å². The van der Waals surface area contributed by atoms with E-state index in [4.69, 9.17) is 29.2 Å². The van der Waals surface area contributed by atoms with Crippen LogP contribution in [-0.2, 0) is 15.9 Å². The second-order valence-corrected chi connectivity index (χ2v) is 16.7.